The summed E-state index contributed by atoms with van der Waals surface area (Å²) in [6, 6.07) is 7.77. The van der Waals surface area contributed by atoms with Gasteiger partial charge in [0.2, 0.25) is 0 Å². The molecule has 1 N–H and O–H groups in total. The van der Waals surface area contributed by atoms with Gasteiger partial charge in [-0.25, -0.2) is 0 Å². The summed E-state index contributed by atoms with van der Waals surface area (Å²) in [7, 11) is 1.64. The standard InChI is InChI=1S/C13H18O2/c1-10(2)7-12(14)8-11-5-4-6-13(9-11)15-3/h4-6,9,12,14H,1,7-8H2,2-3H3. The van der Waals surface area contributed by atoms with Crippen molar-refractivity contribution in [3.8, 4) is 5.75 Å². The van der Waals surface area contributed by atoms with Gasteiger partial charge in [0.15, 0.2) is 0 Å². The first-order chi connectivity index (χ1) is 7.11. The molecule has 0 aliphatic rings. The van der Waals surface area contributed by atoms with Gasteiger partial charge in [-0.3, -0.25) is 0 Å². The van der Waals surface area contributed by atoms with E-state index < -0.39 is 0 Å². The lowest BCUT2D eigenvalue weighted by Gasteiger charge is -2.11. The maximum absolute atomic E-state index is 9.73. The SMILES string of the molecule is C=C(C)CC(O)Cc1cccc(OC)c1. The highest BCUT2D eigenvalue weighted by Gasteiger charge is 2.06. The van der Waals surface area contributed by atoms with Crippen molar-refractivity contribution >= 4 is 0 Å². The van der Waals surface area contributed by atoms with Gasteiger partial charge < -0.3 is 9.84 Å². The average molecular weight is 206 g/mol. The quantitative estimate of drug-likeness (QED) is 0.750. The molecule has 0 saturated carbocycles. The molecule has 1 aromatic rings. The average Bonchev–Trinajstić information content (AvgIpc) is 2.16. The summed E-state index contributed by atoms with van der Waals surface area (Å²) in [6.07, 6.45) is 0.941. The number of aliphatic hydroxyl groups excluding tert-OH is 1. The van der Waals surface area contributed by atoms with E-state index in [9.17, 15) is 5.11 Å². The van der Waals surface area contributed by atoms with Crippen LogP contribution in [-0.4, -0.2) is 18.3 Å². The molecule has 82 valence electrons. The van der Waals surface area contributed by atoms with Crippen LogP contribution in [0.3, 0.4) is 0 Å². The molecule has 2 heteroatoms. The topological polar surface area (TPSA) is 29.5 Å². The Bertz CT molecular complexity index is 331. The van der Waals surface area contributed by atoms with E-state index in [0.717, 1.165) is 16.9 Å². The van der Waals surface area contributed by atoms with Gasteiger partial charge >= 0.3 is 0 Å². The highest BCUT2D eigenvalue weighted by atomic mass is 16.5. The van der Waals surface area contributed by atoms with Crippen LogP contribution >= 0.6 is 0 Å². The van der Waals surface area contributed by atoms with E-state index in [-0.39, 0.29) is 6.10 Å². The molecular weight excluding hydrogens is 188 g/mol. The zero-order chi connectivity index (χ0) is 11.3. The maximum atomic E-state index is 9.73. The van der Waals surface area contributed by atoms with Gasteiger partial charge in [-0.1, -0.05) is 17.7 Å². The van der Waals surface area contributed by atoms with E-state index in [1.54, 1.807) is 7.11 Å². The second kappa shape index (κ2) is 5.56. The predicted molar refractivity (Wildman–Crippen MR) is 62.1 cm³/mol. The van der Waals surface area contributed by atoms with Crippen molar-refractivity contribution in [2.24, 2.45) is 0 Å². The molecule has 0 amide bonds. The fraction of sp³-hybridized carbons (Fsp3) is 0.385. The van der Waals surface area contributed by atoms with Gasteiger partial charge in [0, 0.05) is 0 Å². The van der Waals surface area contributed by atoms with Crippen LogP contribution in [0.2, 0.25) is 0 Å². The minimum absolute atomic E-state index is 0.352. The van der Waals surface area contributed by atoms with Crippen molar-refractivity contribution in [2.45, 2.75) is 25.9 Å². The number of aliphatic hydroxyl groups is 1. The summed E-state index contributed by atoms with van der Waals surface area (Å²) < 4.78 is 5.12. The Labute approximate surface area is 91.2 Å². The number of hydrogen-bond acceptors (Lipinski definition) is 2. The zero-order valence-electron chi connectivity index (χ0n) is 9.36. The lowest BCUT2D eigenvalue weighted by Crippen LogP contribution is -2.10. The number of rotatable bonds is 5. The highest BCUT2D eigenvalue weighted by Crippen LogP contribution is 2.15. The molecule has 0 fully saturated rings. The van der Waals surface area contributed by atoms with E-state index in [1.807, 2.05) is 31.2 Å². The third-order valence-electron chi connectivity index (χ3n) is 2.19. The molecule has 1 aromatic carbocycles. The van der Waals surface area contributed by atoms with Crippen LogP contribution in [-0.2, 0) is 6.42 Å². The van der Waals surface area contributed by atoms with Crippen molar-refractivity contribution < 1.29 is 9.84 Å². The van der Waals surface area contributed by atoms with Gasteiger partial charge in [-0.15, -0.1) is 6.58 Å². The van der Waals surface area contributed by atoms with E-state index in [0.29, 0.717) is 12.8 Å². The Morgan fingerprint density at radius 3 is 2.87 bits per heavy atom. The Morgan fingerprint density at radius 2 is 2.27 bits per heavy atom. The molecule has 0 heterocycles. The van der Waals surface area contributed by atoms with Crippen molar-refractivity contribution in [2.75, 3.05) is 7.11 Å². The lowest BCUT2D eigenvalue weighted by atomic mass is 10.0. The summed E-state index contributed by atoms with van der Waals surface area (Å²) >= 11 is 0. The predicted octanol–water partition coefficient (Wildman–Crippen LogP) is 2.56. The summed E-state index contributed by atoms with van der Waals surface area (Å²) in [6.45, 7) is 5.71. The molecule has 0 aliphatic heterocycles. The summed E-state index contributed by atoms with van der Waals surface area (Å²) in [5.74, 6) is 0.829. The number of ether oxygens (including phenoxy) is 1. The maximum Gasteiger partial charge on any atom is 0.119 e. The van der Waals surface area contributed by atoms with Crippen molar-refractivity contribution in [1.29, 1.82) is 0 Å². The zero-order valence-corrected chi connectivity index (χ0v) is 9.36. The molecule has 0 saturated heterocycles. The lowest BCUT2D eigenvalue weighted by molar-refractivity contribution is 0.175. The summed E-state index contributed by atoms with van der Waals surface area (Å²) in [5.41, 5.74) is 2.09. The number of methoxy groups -OCH3 is 1. The van der Waals surface area contributed by atoms with Gasteiger partial charge in [0.1, 0.15) is 5.75 Å². The van der Waals surface area contributed by atoms with Crippen LogP contribution in [0, 0.1) is 0 Å². The van der Waals surface area contributed by atoms with Crippen molar-refractivity contribution in [3.05, 3.63) is 42.0 Å². The second-order valence-corrected chi connectivity index (χ2v) is 3.87. The molecule has 1 rings (SSSR count). The van der Waals surface area contributed by atoms with Crippen LogP contribution in [0.1, 0.15) is 18.9 Å². The monoisotopic (exact) mass is 206 g/mol. The fourth-order valence-electron chi connectivity index (χ4n) is 1.55. The largest absolute Gasteiger partial charge is 0.497 e. The Balaban J connectivity index is 2.59. The molecule has 0 radical (unpaired) electrons. The highest BCUT2D eigenvalue weighted by molar-refractivity contribution is 5.28. The molecule has 15 heavy (non-hydrogen) atoms. The van der Waals surface area contributed by atoms with Crippen molar-refractivity contribution in [1.82, 2.24) is 0 Å². The molecule has 0 aromatic heterocycles. The molecule has 1 atom stereocenters. The first kappa shape index (κ1) is 11.8. The number of hydrogen-bond donors (Lipinski definition) is 1. The molecular formula is C13H18O2. The van der Waals surface area contributed by atoms with Gasteiger partial charge in [0.25, 0.3) is 0 Å². The molecule has 0 spiro atoms. The number of benzene rings is 1. The minimum atomic E-state index is -0.352. The summed E-state index contributed by atoms with van der Waals surface area (Å²) in [5, 5.41) is 9.73. The van der Waals surface area contributed by atoms with E-state index >= 15 is 0 Å². The van der Waals surface area contributed by atoms with Crippen LogP contribution in [0.4, 0.5) is 0 Å². The molecule has 0 aliphatic carbocycles. The third-order valence-corrected chi connectivity index (χ3v) is 2.19. The van der Waals surface area contributed by atoms with Crippen molar-refractivity contribution in [3.63, 3.8) is 0 Å². The Morgan fingerprint density at radius 1 is 1.53 bits per heavy atom. The van der Waals surface area contributed by atoms with E-state index in [4.69, 9.17) is 4.74 Å². The third kappa shape index (κ3) is 4.17. The van der Waals surface area contributed by atoms with Gasteiger partial charge in [-0.2, -0.15) is 0 Å². The van der Waals surface area contributed by atoms with Gasteiger partial charge in [-0.05, 0) is 37.5 Å². The van der Waals surface area contributed by atoms with Gasteiger partial charge in [0.05, 0.1) is 13.2 Å². The van der Waals surface area contributed by atoms with Crippen LogP contribution in [0.5, 0.6) is 5.75 Å². The van der Waals surface area contributed by atoms with Crippen LogP contribution in [0.25, 0.3) is 0 Å². The first-order valence-electron chi connectivity index (χ1n) is 5.07. The molecule has 0 bridgehead atoms. The Kier molecular flexibility index (Phi) is 4.37. The fourth-order valence-corrected chi connectivity index (χ4v) is 1.55. The Hall–Kier alpha value is -1.28. The van der Waals surface area contributed by atoms with E-state index in [2.05, 4.69) is 6.58 Å². The smallest absolute Gasteiger partial charge is 0.119 e. The molecule has 2 nitrogen and oxygen atoms in total. The summed E-state index contributed by atoms with van der Waals surface area (Å²) in [4.78, 5) is 0. The van der Waals surface area contributed by atoms with Crippen LogP contribution < -0.4 is 4.74 Å². The van der Waals surface area contributed by atoms with E-state index in [1.165, 1.54) is 0 Å². The second-order valence-electron chi connectivity index (χ2n) is 3.87. The molecule has 1 unspecified atom stereocenters. The normalized spacial score (nSPS) is 12.2. The van der Waals surface area contributed by atoms with Crippen LogP contribution in [0.15, 0.2) is 36.4 Å². The first-order valence-corrected chi connectivity index (χ1v) is 5.07. The minimum Gasteiger partial charge on any atom is -0.497 e.